The van der Waals surface area contributed by atoms with Gasteiger partial charge in [0, 0.05) is 30.6 Å². The average molecular weight is 456 g/mol. The number of nitrogens with zero attached hydrogens (tertiary/aromatic N) is 2. The van der Waals surface area contributed by atoms with Crippen LogP contribution in [0.15, 0.2) is 47.5 Å². The van der Waals surface area contributed by atoms with Crippen molar-refractivity contribution in [1.29, 1.82) is 0 Å². The zero-order chi connectivity index (χ0) is 23.3. The Morgan fingerprint density at radius 3 is 2.74 bits per heavy atom. The molecule has 0 saturated heterocycles. The van der Waals surface area contributed by atoms with Crippen LogP contribution in [0.5, 0.6) is 0 Å². The van der Waals surface area contributed by atoms with Crippen LogP contribution in [0, 0.1) is 29.1 Å². The number of allylic oxidation sites excluding steroid dienone is 3. The summed E-state index contributed by atoms with van der Waals surface area (Å²) in [6, 6.07) is 6.44. The summed E-state index contributed by atoms with van der Waals surface area (Å²) in [5.74, 6) is 7.94. The number of methoxy groups -OCH3 is 1. The van der Waals surface area contributed by atoms with Crippen LogP contribution in [0.4, 0.5) is 0 Å². The minimum absolute atomic E-state index is 0.0508. The van der Waals surface area contributed by atoms with E-state index < -0.39 is 5.54 Å². The van der Waals surface area contributed by atoms with Crippen LogP contribution in [0.2, 0.25) is 0 Å². The first-order valence-corrected chi connectivity index (χ1v) is 12.7. The summed E-state index contributed by atoms with van der Waals surface area (Å²) in [6.07, 6.45) is 16.6. The Bertz CT molecular complexity index is 1160. The maximum absolute atomic E-state index is 14.4. The minimum Gasteiger partial charge on any atom is -0.381 e. The van der Waals surface area contributed by atoms with Crippen molar-refractivity contribution in [3.8, 4) is 11.8 Å². The van der Waals surface area contributed by atoms with Gasteiger partial charge in [0.05, 0.1) is 6.10 Å². The summed E-state index contributed by atoms with van der Waals surface area (Å²) in [4.78, 5) is 21.3. The van der Waals surface area contributed by atoms with Crippen molar-refractivity contribution in [2.75, 3.05) is 13.7 Å². The third kappa shape index (κ3) is 3.34. The number of amides is 1. The fourth-order valence-corrected chi connectivity index (χ4v) is 6.53. The average Bonchev–Trinajstić information content (AvgIpc) is 3.62. The van der Waals surface area contributed by atoms with Crippen LogP contribution in [0.1, 0.15) is 61.6 Å². The fraction of sp³-hybridized carbons (Fsp3) is 0.517. The van der Waals surface area contributed by atoms with Gasteiger partial charge in [0.25, 0.3) is 5.91 Å². The van der Waals surface area contributed by atoms with Crippen LogP contribution in [-0.4, -0.2) is 36.5 Å². The summed E-state index contributed by atoms with van der Waals surface area (Å²) >= 11 is 0. The lowest BCUT2D eigenvalue weighted by atomic mass is 9.61. The molecule has 34 heavy (non-hydrogen) atoms. The molecule has 0 aromatic heterocycles. The first-order valence-electron chi connectivity index (χ1n) is 12.7. The van der Waals surface area contributed by atoms with Crippen molar-refractivity contribution in [3.63, 3.8) is 0 Å². The van der Waals surface area contributed by atoms with Crippen molar-refractivity contribution < 1.29 is 9.53 Å². The maximum atomic E-state index is 14.4. The highest BCUT2D eigenvalue weighted by Crippen LogP contribution is 2.62. The molecule has 1 heterocycles. The van der Waals surface area contributed by atoms with E-state index in [1.165, 1.54) is 18.4 Å². The zero-order valence-electron chi connectivity index (χ0n) is 19.9. The standard InChI is InChI=1S/C29H33N3O2/c1-34-24-13-15-28(16-14-24)18-23-12-11-21(10-9-20-7-8-20)17-25(23)29(28)26(33)32(27(30)31-29)19-22-5-3-2-4-6-22/h2-5,11-12,17,20,22,24H,6-8,13-16,18-19H2,1H3,(H2,30,31). The third-order valence-corrected chi connectivity index (χ3v) is 8.62. The first kappa shape index (κ1) is 21.7. The van der Waals surface area contributed by atoms with Gasteiger partial charge in [-0.2, -0.15) is 0 Å². The highest BCUT2D eigenvalue weighted by atomic mass is 16.5. The molecule has 2 spiro atoms. The lowest BCUT2D eigenvalue weighted by molar-refractivity contribution is -0.138. The number of carbonyl (C=O) groups is 1. The first-order chi connectivity index (χ1) is 16.5. The van der Waals surface area contributed by atoms with E-state index >= 15 is 0 Å². The quantitative estimate of drug-likeness (QED) is 0.699. The number of hydrogen-bond donors (Lipinski definition) is 1. The molecule has 2 atom stereocenters. The van der Waals surface area contributed by atoms with Gasteiger partial charge >= 0.3 is 0 Å². The molecule has 1 amide bonds. The molecule has 1 aliphatic heterocycles. The van der Waals surface area contributed by atoms with Gasteiger partial charge in [0.15, 0.2) is 11.5 Å². The van der Waals surface area contributed by atoms with E-state index in [0.717, 1.165) is 49.7 Å². The number of guanidine groups is 1. The lowest BCUT2D eigenvalue weighted by Crippen LogP contribution is -2.52. The number of benzene rings is 1. The molecule has 0 bridgehead atoms. The van der Waals surface area contributed by atoms with Gasteiger partial charge in [-0.05, 0) is 80.5 Å². The van der Waals surface area contributed by atoms with Gasteiger partial charge < -0.3 is 10.5 Å². The Kier molecular flexibility index (Phi) is 5.18. The van der Waals surface area contributed by atoms with Crippen LogP contribution < -0.4 is 5.73 Å². The number of nitrogens with two attached hydrogens (primary N) is 1. The van der Waals surface area contributed by atoms with E-state index in [2.05, 4.69) is 54.3 Å². The summed E-state index contributed by atoms with van der Waals surface area (Å²) in [7, 11) is 1.79. The van der Waals surface area contributed by atoms with Gasteiger partial charge in [0.2, 0.25) is 0 Å². The molecular formula is C29H33N3O2. The highest BCUT2D eigenvalue weighted by Gasteiger charge is 2.66. The van der Waals surface area contributed by atoms with Gasteiger partial charge in [0.1, 0.15) is 0 Å². The van der Waals surface area contributed by atoms with Crippen LogP contribution in [-0.2, 0) is 21.5 Å². The Labute approximate surface area is 202 Å². The van der Waals surface area contributed by atoms with Crippen molar-refractivity contribution in [2.45, 2.75) is 63.0 Å². The van der Waals surface area contributed by atoms with Gasteiger partial charge in [-0.1, -0.05) is 42.2 Å². The smallest absolute Gasteiger partial charge is 0.262 e. The van der Waals surface area contributed by atoms with Crippen LogP contribution in [0.3, 0.4) is 0 Å². The van der Waals surface area contributed by atoms with E-state index in [1.54, 1.807) is 12.0 Å². The second kappa shape index (κ2) is 8.13. The molecule has 2 saturated carbocycles. The maximum Gasteiger partial charge on any atom is 0.262 e. The van der Waals surface area contributed by atoms with Crippen molar-refractivity contribution in [1.82, 2.24) is 4.90 Å². The third-order valence-electron chi connectivity index (χ3n) is 8.62. The Morgan fingerprint density at radius 2 is 2.03 bits per heavy atom. The minimum atomic E-state index is -0.948. The van der Waals surface area contributed by atoms with E-state index in [0.29, 0.717) is 18.4 Å². The molecular weight excluding hydrogens is 422 g/mol. The Balaban J connectivity index is 1.41. The van der Waals surface area contributed by atoms with E-state index in [9.17, 15) is 4.79 Å². The molecule has 5 nitrogen and oxygen atoms in total. The normalized spacial score (nSPS) is 33.9. The van der Waals surface area contributed by atoms with Gasteiger partial charge in [-0.25, -0.2) is 4.99 Å². The molecule has 2 fully saturated rings. The predicted molar refractivity (Wildman–Crippen MR) is 133 cm³/mol. The molecule has 6 rings (SSSR count). The monoisotopic (exact) mass is 455 g/mol. The largest absolute Gasteiger partial charge is 0.381 e. The molecule has 1 aromatic carbocycles. The van der Waals surface area contributed by atoms with Gasteiger partial charge in [-0.3, -0.25) is 9.69 Å². The molecule has 5 heteroatoms. The molecule has 0 radical (unpaired) electrons. The fourth-order valence-electron chi connectivity index (χ4n) is 6.53. The molecule has 176 valence electrons. The van der Waals surface area contributed by atoms with E-state index in [4.69, 9.17) is 15.5 Å². The molecule has 5 aliphatic rings. The number of hydrogen-bond acceptors (Lipinski definition) is 4. The molecule has 2 N–H and O–H groups in total. The predicted octanol–water partition coefficient (Wildman–Crippen LogP) is 4.06. The van der Waals surface area contributed by atoms with E-state index in [1.807, 2.05) is 0 Å². The van der Waals surface area contributed by atoms with Crippen LogP contribution in [0.25, 0.3) is 0 Å². The van der Waals surface area contributed by atoms with Crippen molar-refractivity contribution in [2.24, 2.45) is 28.0 Å². The van der Waals surface area contributed by atoms with E-state index in [-0.39, 0.29) is 23.3 Å². The second-order valence-corrected chi connectivity index (χ2v) is 10.7. The summed E-state index contributed by atoms with van der Waals surface area (Å²) in [6.45, 7) is 0.573. The SMILES string of the molecule is COC1CCC2(CC1)Cc1ccc(C#CC3CC3)cc1C21N=C(N)N(CC2C=CC=CC2)C1=O. The molecule has 1 aromatic rings. The zero-order valence-corrected chi connectivity index (χ0v) is 19.9. The number of rotatable bonds is 3. The Morgan fingerprint density at radius 1 is 1.21 bits per heavy atom. The lowest BCUT2D eigenvalue weighted by Gasteiger charge is -2.45. The van der Waals surface area contributed by atoms with Crippen molar-refractivity contribution >= 4 is 11.9 Å². The number of aliphatic imine (C=N–C) groups is 1. The highest BCUT2D eigenvalue weighted by molar-refractivity contribution is 6.08. The topological polar surface area (TPSA) is 67.9 Å². The number of ether oxygens (including phenoxy) is 1. The summed E-state index contributed by atoms with van der Waals surface area (Å²) in [5.41, 5.74) is 8.57. The van der Waals surface area contributed by atoms with Gasteiger partial charge in [-0.15, -0.1) is 0 Å². The molecule has 2 unspecified atom stereocenters. The molecule has 4 aliphatic carbocycles. The van der Waals surface area contributed by atoms with Crippen LogP contribution >= 0.6 is 0 Å². The second-order valence-electron chi connectivity index (χ2n) is 10.7. The number of fused-ring (bicyclic) bond motifs is 3. The number of carbonyl (C=O) groups excluding carboxylic acids is 1. The summed E-state index contributed by atoms with van der Waals surface area (Å²) < 4.78 is 5.68. The van der Waals surface area contributed by atoms with Crippen molar-refractivity contribution in [3.05, 3.63) is 59.2 Å². The summed E-state index contributed by atoms with van der Waals surface area (Å²) in [5, 5.41) is 0. The Hall–Kier alpha value is -2.84.